The summed E-state index contributed by atoms with van der Waals surface area (Å²) in [5.41, 5.74) is 0.228. The molecule has 0 bridgehead atoms. The lowest BCUT2D eigenvalue weighted by Crippen LogP contribution is -2.42. The lowest BCUT2D eigenvalue weighted by Gasteiger charge is -2.24. The van der Waals surface area contributed by atoms with E-state index in [1.807, 2.05) is 0 Å². The standard InChI is InChI=1S/C18H22ClNO5/c1-11(17(21)20-13-5-3-2-4-6-13)25-18(22)12-9-14(19)16-15(10-12)23-7-8-24-16/h9-11,13H,2-8H2,1H3,(H,20,21). The van der Waals surface area contributed by atoms with Crippen molar-refractivity contribution in [1.29, 1.82) is 0 Å². The van der Waals surface area contributed by atoms with E-state index in [-0.39, 0.29) is 22.5 Å². The van der Waals surface area contributed by atoms with Gasteiger partial charge in [-0.1, -0.05) is 30.9 Å². The summed E-state index contributed by atoms with van der Waals surface area (Å²) < 4.78 is 16.2. The van der Waals surface area contributed by atoms with Crippen molar-refractivity contribution in [3.05, 3.63) is 22.7 Å². The topological polar surface area (TPSA) is 73.9 Å². The number of halogens is 1. The summed E-state index contributed by atoms with van der Waals surface area (Å²) in [6.45, 7) is 2.37. The lowest BCUT2D eigenvalue weighted by atomic mass is 9.95. The normalized spacial score (nSPS) is 18.3. The number of benzene rings is 1. The molecule has 25 heavy (non-hydrogen) atoms. The van der Waals surface area contributed by atoms with E-state index in [0.29, 0.717) is 24.7 Å². The number of fused-ring (bicyclic) bond motifs is 1. The van der Waals surface area contributed by atoms with Crippen LogP contribution < -0.4 is 14.8 Å². The number of esters is 1. The second kappa shape index (κ2) is 7.95. The minimum atomic E-state index is -0.874. The highest BCUT2D eigenvalue weighted by molar-refractivity contribution is 6.32. The van der Waals surface area contributed by atoms with Crippen LogP contribution in [0.1, 0.15) is 49.4 Å². The van der Waals surface area contributed by atoms with Gasteiger partial charge >= 0.3 is 5.97 Å². The fraction of sp³-hybridized carbons (Fsp3) is 0.556. The highest BCUT2D eigenvalue weighted by Crippen LogP contribution is 2.38. The molecule has 0 aromatic heterocycles. The number of hydrogen-bond acceptors (Lipinski definition) is 5. The number of amides is 1. The molecule has 1 atom stereocenters. The molecule has 3 rings (SSSR count). The molecule has 6 nitrogen and oxygen atoms in total. The molecular formula is C18H22ClNO5. The first kappa shape index (κ1) is 17.9. The van der Waals surface area contributed by atoms with Crippen LogP contribution in [-0.2, 0) is 9.53 Å². The zero-order valence-electron chi connectivity index (χ0n) is 14.2. The van der Waals surface area contributed by atoms with Crippen LogP contribution >= 0.6 is 11.6 Å². The predicted octanol–water partition coefficient (Wildman–Crippen LogP) is 3.11. The first-order chi connectivity index (χ1) is 12.0. The summed E-state index contributed by atoms with van der Waals surface area (Å²) in [6.07, 6.45) is 4.53. The maximum Gasteiger partial charge on any atom is 0.339 e. The van der Waals surface area contributed by atoms with Crippen LogP contribution in [0.2, 0.25) is 5.02 Å². The molecule has 2 aliphatic rings. The van der Waals surface area contributed by atoms with Crippen molar-refractivity contribution in [3.8, 4) is 11.5 Å². The minimum Gasteiger partial charge on any atom is -0.486 e. The van der Waals surface area contributed by atoms with E-state index in [1.54, 1.807) is 6.92 Å². The van der Waals surface area contributed by atoms with Gasteiger partial charge in [-0.25, -0.2) is 4.79 Å². The smallest absolute Gasteiger partial charge is 0.339 e. The van der Waals surface area contributed by atoms with Gasteiger partial charge < -0.3 is 19.5 Å². The number of carbonyl (C=O) groups excluding carboxylic acids is 2. The summed E-state index contributed by atoms with van der Waals surface area (Å²) in [7, 11) is 0. The molecule has 7 heteroatoms. The zero-order chi connectivity index (χ0) is 17.8. The summed E-state index contributed by atoms with van der Waals surface area (Å²) in [6, 6.07) is 3.16. The molecule has 1 aromatic carbocycles. The van der Waals surface area contributed by atoms with E-state index >= 15 is 0 Å². The maximum atomic E-state index is 12.3. The average Bonchev–Trinajstić information content (AvgIpc) is 2.62. The highest BCUT2D eigenvalue weighted by Gasteiger charge is 2.25. The first-order valence-electron chi connectivity index (χ1n) is 8.65. The van der Waals surface area contributed by atoms with E-state index in [4.69, 9.17) is 25.8 Å². The van der Waals surface area contributed by atoms with Gasteiger partial charge in [0.25, 0.3) is 5.91 Å². The maximum absolute atomic E-state index is 12.3. The van der Waals surface area contributed by atoms with Gasteiger partial charge in [0, 0.05) is 6.04 Å². The van der Waals surface area contributed by atoms with Crippen LogP contribution in [0.4, 0.5) is 0 Å². The molecule has 1 fully saturated rings. The van der Waals surface area contributed by atoms with Gasteiger partial charge in [0.1, 0.15) is 13.2 Å². The number of hydrogen-bond donors (Lipinski definition) is 1. The molecule has 1 heterocycles. The third-order valence-corrected chi connectivity index (χ3v) is 4.72. The van der Waals surface area contributed by atoms with E-state index in [2.05, 4.69) is 5.32 Å². The van der Waals surface area contributed by atoms with Crippen molar-refractivity contribution in [2.45, 2.75) is 51.2 Å². The molecule has 1 amide bonds. The third-order valence-electron chi connectivity index (χ3n) is 4.44. The van der Waals surface area contributed by atoms with Crippen LogP contribution in [0.3, 0.4) is 0 Å². The Bertz CT molecular complexity index is 657. The Balaban J connectivity index is 1.61. The Morgan fingerprint density at radius 3 is 2.68 bits per heavy atom. The van der Waals surface area contributed by atoms with Gasteiger partial charge in [0.15, 0.2) is 17.6 Å². The number of nitrogens with one attached hydrogen (secondary N) is 1. The fourth-order valence-electron chi connectivity index (χ4n) is 3.08. The van der Waals surface area contributed by atoms with Crippen LogP contribution in [0.15, 0.2) is 12.1 Å². The Kier molecular flexibility index (Phi) is 5.68. The van der Waals surface area contributed by atoms with Gasteiger partial charge in [-0.3, -0.25) is 4.79 Å². The number of ether oxygens (including phenoxy) is 3. The number of rotatable bonds is 4. The zero-order valence-corrected chi connectivity index (χ0v) is 14.9. The average molecular weight is 368 g/mol. The molecule has 1 unspecified atom stereocenters. The van der Waals surface area contributed by atoms with E-state index in [1.165, 1.54) is 18.6 Å². The minimum absolute atomic E-state index is 0.172. The molecule has 0 spiro atoms. The van der Waals surface area contributed by atoms with Gasteiger partial charge in [0.05, 0.1) is 10.6 Å². The molecular weight excluding hydrogens is 346 g/mol. The van der Waals surface area contributed by atoms with Crippen molar-refractivity contribution in [1.82, 2.24) is 5.32 Å². The summed E-state index contributed by atoms with van der Waals surface area (Å²) >= 11 is 6.13. The summed E-state index contributed by atoms with van der Waals surface area (Å²) in [4.78, 5) is 24.6. The van der Waals surface area contributed by atoms with Crippen molar-refractivity contribution in [2.75, 3.05) is 13.2 Å². The molecule has 0 saturated heterocycles. The SMILES string of the molecule is CC(OC(=O)c1cc(Cl)c2c(c1)OCCO2)C(=O)NC1CCCCC1. The Morgan fingerprint density at radius 2 is 1.92 bits per heavy atom. The van der Waals surface area contributed by atoms with Crippen LogP contribution in [-0.4, -0.2) is 37.2 Å². The Hall–Kier alpha value is -1.95. The predicted molar refractivity (Wildman–Crippen MR) is 92.3 cm³/mol. The molecule has 1 aliphatic heterocycles. The third kappa shape index (κ3) is 4.37. The monoisotopic (exact) mass is 367 g/mol. The van der Waals surface area contributed by atoms with Crippen LogP contribution in [0, 0.1) is 0 Å². The summed E-state index contributed by atoms with van der Waals surface area (Å²) in [5.74, 6) is -0.0633. The first-order valence-corrected chi connectivity index (χ1v) is 9.03. The van der Waals surface area contributed by atoms with Crippen molar-refractivity contribution in [2.24, 2.45) is 0 Å². The molecule has 1 aromatic rings. The van der Waals surface area contributed by atoms with E-state index in [9.17, 15) is 9.59 Å². The van der Waals surface area contributed by atoms with Gasteiger partial charge in [-0.2, -0.15) is 0 Å². The molecule has 1 saturated carbocycles. The van der Waals surface area contributed by atoms with Crippen molar-refractivity contribution in [3.63, 3.8) is 0 Å². The number of carbonyl (C=O) groups is 2. The molecule has 136 valence electrons. The van der Waals surface area contributed by atoms with E-state index in [0.717, 1.165) is 25.7 Å². The molecule has 0 radical (unpaired) electrons. The van der Waals surface area contributed by atoms with E-state index < -0.39 is 12.1 Å². The second-order valence-corrected chi connectivity index (χ2v) is 6.78. The quantitative estimate of drug-likeness (QED) is 0.828. The van der Waals surface area contributed by atoms with Gasteiger partial charge in [-0.15, -0.1) is 0 Å². The Morgan fingerprint density at radius 1 is 1.20 bits per heavy atom. The van der Waals surface area contributed by atoms with Gasteiger partial charge in [0.2, 0.25) is 0 Å². The second-order valence-electron chi connectivity index (χ2n) is 6.37. The van der Waals surface area contributed by atoms with Crippen LogP contribution in [0.5, 0.6) is 11.5 Å². The van der Waals surface area contributed by atoms with Crippen molar-refractivity contribution < 1.29 is 23.8 Å². The molecule has 1 aliphatic carbocycles. The van der Waals surface area contributed by atoms with Crippen molar-refractivity contribution >= 4 is 23.5 Å². The van der Waals surface area contributed by atoms with Gasteiger partial charge in [-0.05, 0) is 31.9 Å². The summed E-state index contributed by atoms with van der Waals surface area (Å²) in [5, 5.41) is 3.23. The Labute approximate surface area is 151 Å². The lowest BCUT2D eigenvalue weighted by molar-refractivity contribution is -0.130. The van der Waals surface area contributed by atoms with Crippen LogP contribution in [0.25, 0.3) is 0 Å². The molecule has 1 N–H and O–H groups in total. The highest BCUT2D eigenvalue weighted by atomic mass is 35.5. The fourth-order valence-corrected chi connectivity index (χ4v) is 3.34. The largest absolute Gasteiger partial charge is 0.486 e.